The SMILES string of the molecule is CC(C)C[C@H](NC(=O)[C@H](CCCN=C(N)N)NC(=O)[C@@H]1CCCN1C(=O)[C@@H](N)CO)C(=O)N[C@@H](Cc1cnc[nH]1)C(=O)O. The second-order valence-corrected chi connectivity index (χ2v) is 10.9. The molecule has 0 spiro atoms. The zero-order chi connectivity index (χ0) is 32.1. The summed E-state index contributed by atoms with van der Waals surface area (Å²) >= 11 is 0. The maximum absolute atomic E-state index is 13.5. The molecule has 2 heterocycles. The molecule has 240 valence electrons. The second kappa shape index (κ2) is 17.0. The molecular formula is C26H44N10O7. The summed E-state index contributed by atoms with van der Waals surface area (Å²) in [6.45, 7) is 3.53. The number of carboxylic acid groups (broad SMARTS) is 1. The van der Waals surface area contributed by atoms with E-state index in [1.54, 1.807) is 0 Å². The highest BCUT2D eigenvalue weighted by atomic mass is 16.4. The third-order valence-electron chi connectivity index (χ3n) is 6.86. The number of carbonyl (C=O) groups excluding carboxylic acids is 4. The van der Waals surface area contributed by atoms with Gasteiger partial charge < -0.3 is 53.2 Å². The lowest BCUT2D eigenvalue weighted by atomic mass is 10.0. The molecule has 0 aliphatic carbocycles. The van der Waals surface area contributed by atoms with Crippen molar-refractivity contribution in [3.05, 3.63) is 18.2 Å². The van der Waals surface area contributed by atoms with E-state index in [-0.39, 0.29) is 44.2 Å². The van der Waals surface area contributed by atoms with Gasteiger partial charge in [-0.3, -0.25) is 24.2 Å². The molecule has 1 aromatic rings. The van der Waals surface area contributed by atoms with Crippen molar-refractivity contribution < 1.29 is 34.2 Å². The van der Waals surface area contributed by atoms with Gasteiger partial charge in [0.05, 0.1) is 12.9 Å². The van der Waals surface area contributed by atoms with Gasteiger partial charge in [-0.25, -0.2) is 9.78 Å². The van der Waals surface area contributed by atoms with Crippen molar-refractivity contribution in [1.29, 1.82) is 0 Å². The molecule has 17 heteroatoms. The Morgan fingerprint density at radius 1 is 1.12 bits per heavy atom. The lowest BCUT2D eigenvalue weighted by Gasteiger charge is -2.29. The van der Waals surface area contributed by atoms with E-state index in [4.69, 9.17) is 17.2 Å². The predicted molar refractivity (Wildman–Crippen MR) is 155 cm³/mol. The van der Waals surface area contributed by atoms with Crippen molar-refractivity contribution in [3.63, 3.8) is 0 Å². The highest BCUT2D eigenvalue weighted by molar-refractivity contribution is 5.95. The minimum absolute atomic E-state index is 0.0521. The number of aliphatic hydroxyl groups is 1. The van der Waals surface area contributed by atoms with Crippen LogP contribution < -0.4 is 33.2 Å². The fourth-order valence-electron chi connectivity index (χ4n) is 4.70. The lowest BCUT2D eigenvalue weighted by molar-refractivity contribution is -0.142. The number of rotatable bonds is 17. The van der Waals surface area contributed by atoms with E-state index in [1.807, 2.05) is 13.8 Å². The van der Waals surface area contributed by atoms with Crippen LogP contribution >= 0.6 is 0 Å². The van der Waals surface area contributed by atoms with Gasteiger partial charge in [0, 0.05) is 31.4 Å². The first kappa shape index (κ1) is 34.9. The van der Waals surface area contributed by atoms with Crippen LogP contribution in [0.5, 0.6) is 0 Å². The molecule has 4 amide bonds. The lowest BCUT2D eigenvalue weighted by Crippen LogP contribution is -2.58. The van der Waals surface area contributed by atoms with Crippen molar-refractivity contribution in [2.75, 3.05) is 19.7 Å². The summed E-state index contributed by atoms with van der Waals surface area (Å²) < 4.78 is 0. The number of aliphatic carboxylic acids is 1. The fraction of sp³-hybridized carbons (Fsp3) is 0.654. The number of aromatic nitrogens is 2. The molecule has 0 saturated carbocycles. The van der Waals surface area contributed by atoms with Crippen LogP contribution in [0, 0.1) is 5.92 Å². The van der Waals surface area contributed by atoms with Gasteiger partial charge in [-0.1, -0.05) is 13.8 Å². The summed E-state index contributed by atoms with van der Waals surface area (Å²) in [7, 11) is 0. The van der Waals surface area contributed by atoms with Crippen LogP contribution in [-0.4, -0.2) is 111 Å². The van der Waals surface area contributed by atoms with E-state index in [9.17, 15) is 34.2 Å². The third-order valence-corrected chi connectivity index (χ3v) is 6.86. The molecule has 1 aliphatic rings. The number of aliphatic hydroxyl groups excluding tert-OH is 1. The number of guanidine groups is 1. The Balaban J connectivity index is 2.20. The van der Waals surface area contributed by atoms with Gasteiger partial charge in [0.1, 0.15) is 30.2 Å². The number of nitrogens with zero attached hydrogens (tertiary/aromatic N) is 3. The van der Waals surface area contributed by atoms with Crippen LogP contribution in [-0.2, 0) is 30.4 Å². The third kappa shape index (κ3) is 11.2. The highest BCUT2D eigenvalue weighted by Crippen LogP contribution is 2.19. The number of amides is 4. The standard InChI is InChI=1S/C26H44N10O7/c1-14(2)9-18(22(39)35-19(25(42)43)10-15-11-30-13-32-15)34-21(38)17(5-3-7-31-26(28)29)33-23(40)20-6-4-8-36(20)24(41)16(27)12-37/h11,13-14,16-20,37H,3-10,12,27H2,1-2H3,(H,30,32)(H,33,40)(H,34,38)(H,35,39)(H,42,43)(H4,28,29,31)/t16-,17-,18-,19-,20-/m0/s1. The van der Waals surface area contributed by atoms with Gasteiger partial charge in [0.2, 0.25) is 23.6 Å². The van der Waals surface area contributed by atoms with Crippen LogP contribution in [0.2, 0.25) is 0 Å². The van der Waals surface area contributed by atoms with Crippen molar-refractivity contribution in [1.82, 2.24) is 30.8 Å². The first-order valence-electron chi connectivity index (χ1n) is 14.2. The smallest absolute Gasteiger partial charge is 0.326 e. The quantitative estimate of drug-likeness (QED) is 0.0485. The highest BCUT2D eigenvalue weighted by Gasteiger charge is 2.38. The number of likely N-dealkylation sites (tertiary alicyclic amines) is 1. The largest absolute Gasteiger partial charge is 0.480 e. The van der Waals surface area contributed by atoms with Crippen LogP contribution in [0.25, 0.3) is 0 Å². The Bertz CT molecular complexity index is 1120. The van der Waals surface area contributed by atoms with Gasteiger partial charge in [-0.15, -0.1) is 0 Å². The van der Waals surface area contributed by atoms with Crippen LogP contribution in [0.3, 0.4) is 0 Å². The summed E-state index contributed by atoms with van der Waals surface area (Å²) in [6, 6.07) is -5.60. The number of imidazole rings is 1. The summed E-state index contributed by atoms with van der Waals surface area (Å²) in [5, 5.41) is 26.8. The molecule has 5 atom stereocenters. The number of nitrogens with two attached hydrogens (primary N) is 3. The Morgan fingerprint density at radius 3 is 2.37 bits per heavy atom. The minimum Gasteiger partial charge on any atom is -0.480 e. The van der Waals surface area contributed by atoms with Crippen molar-refractivity contribution in [2.45, 2.75) is 82.6 Å². The van der Waals surface area contributed by atoms with Crippen molar-refractivity contribution in [3.8, 4) is 0 Å². The molecule has 2 rings (SSSR count). The molecule has 1 aromatic heterocycles. The number of nitrogens with one attached hydrogen (secondary N) is 4. The number of hydrogen-bond acceptors (Lipinski definition) is 9. The average molecular weight is 609 g/mol. The van der Waals surface area contributed by atoms with E-state index in [0.717, 1.165) is 0 Å². The van der Waals surface area contributed by atoms with Crippen LogP contribution in [0.4, 0.5) is 0 Å². The number of aromatic amines is 1. The Hall–Kier alpha value is -4.25. The Kier molecular flexibility index (Phi) is 13.8. The number of hydrogen-bond donors (Lipinski definition) is 9. The molecule has 43 heavy (non-hydrogen) atoms. The van der Waals surface area contributed by atoms with E-state index in [1.165, 1.54) is 17.4 Å². The maximum Gasteiger partial charge on any atom is 0.326 e. The molecule has 1 fully saturated rings. The molecule has 12 N–H and O–H groups in total. The first-order chi connectivity index (χ1) is 20.3. The molecule has 0 bridgehead atoms. The zero-order valence-electron chi connectivity index (χ0n) is 24.5. The summed E-state index contributed by atoms with van der Waals surface area (Å²) in [5.41, 5.74) is 16.9. The molecule has 1 saturated heterocycles. The maximum atomic E-state index is 13.5. The van der Waals surface area contributed by atoms with Gasteiger partial charge in [-0.2, -0.15) is 0 Å². The van der Waals surface area contributed by atoms with Gasteiger partial charge in [-0.05, 0) is 38.0 Å². The van der Waals surface area contributed by atoms with E-state index >= 15 is 0 Å². The molecule has 0 radical (unpaired) electrons. The first-order valence-corrected chi connectivity index (χ1v) is 14.2. The fourth-order valence-corrected chi connectivity index (χ4v) is 4.70. The molecule has 17 nitrogen and oxygen atoms in total. The van der Waals surface area contributed by atoms with E-state index < -0.39 is 66.4 Å². The number of carboxylic acids is 1. The topological polar surface area (TPSA) is 284 Å². The van der Waals surface area contributed by atoms with Gasteiger partial charge >= 0.3 is 5.97 Å². The summed E-state index contributed by atoms with van der Waals surface area (Å²) in [6.07, 6.45) is 4.23. The normalized spacial score (nSPS) is 17.4. The number of carbonyl (C=O) groups is 5. The van der Waals surface area contributed by atoms with Crippen molar-refractivity contribution >= 4 is 35.6 Å². The summed E-state index contributed by atoms with van der Waals surface area (Å²) in [4.78, 5) is 76.3. The molecule has 0 unspecified atom stereocenters. The summed E-state index contributed by atoms with van der Waals surface area (Å²) in [5.74, 6) is -4.01. The minimum atomic E-state index is -1.29. The molecule has 1 aliphatic heterocycles. The Morgan fingerprint density at radius 2 is 1.79 bits per heavy atom. The van der Waals surface area contributed by atoms with Crippen LogP contribution in [0.1, 0.15) is 51.6 Å². The molecule has 0 aromatic carbocycles. The van der Waals surface area contributed by atoms with Gasteiger partial charge in [0.25, 0.3) is 0 Å². The number of aliphatic imine (C=N–C) groups is 1. The zero-order valence-corrected chi connectivity index (χ0v) is 24.5. The molecular weight excluding hydrogens is 564 g/mol. The second-order valence-electron chi connectivity index (χ2n) is 10.9. The monoisotopic (exact) mass is 608 g/mol. The van der Waals surface area contributed by atoms with Crippen molar-refractivity contribution in [2.24, 2.45) is 28.1 Å². The van der Waals surface area contributed by atoms with Crippen LogP contribution in [0.15, 0.2) is 17.5 Å². The predicted octanol–water partition coefficient (Wildman–Crippen LogP) is -3.10. The Labute approximate surface area is 249 Å². The van der Waals surface area contributed by atoms with E-state index in [2.05, 4.69) is 30.9 Å². The van der Waals surface area contributed by atoms with Gasteiger partial charge in [0.15, 0.2) is 5.96 Å². The number of H-pyrrole nitrogens is 1. The average Bonchev–Trinajstić information content (AvgIpc) is 3.65. The van der Waals surface area contributed by atoms with E-state index in [0.29, 0.717) is 25.0 Å².